The summed E-state index contributed by atoms with van der Waals surface area (Å²) in [6, 6.07) is 8.61. The largest absolute Gasteiger partial charge is 0.328 e. The Hall–Kier alpha value is -4.04. The van der Waals surface area contributed by atoms with E-state index in [1.54, 1.807) is 23.6 Å². The average Bonchev–Trinajstić information content (AvgIpc) is 3.18. The lowest BCUT2D eigenvalue weighted by molar-refractivity contribution is -0.384. The zero-order chi connectivity index (χ0) is 20.3. The smallest absolute Gasteiger partial charge is 0.321 e. The van der Waals surface area contributed by atoms with Gasteiger partial charge in [-0.3, -0.25) is 24.3 Å². The molecule has 3 aromatic rings. The molecule has 28 heavy (non-hydrogen) atoms. The number of aromatic amines is 1. The Morgan fingerprint density at radius 3 is 2.79 bits per heavy atom. The Balaban J connectivity index is 1.94. The number of nitrogens with one attached hydrogen (secondary N) is 2. The van der Waals surface area contributed by atoms with Gasteiger partial charge in [-0.15, -0.1) is 11.3 Å². The number of rotatable bonds is 5. The van der Waals surface area contributed by atoms with Gasteiger partial charge in [0.05, 0.1) is 22.7 Å². The van der Waals surface area contributed by atoms with Crippen molar-refractivity contribution in [1.82, 2.24) is 9.55 Å². The molecule has 140 valence electrons. The third kappa shape index (κ3) is 3.71. The van der Waals surface area contributed by atoms with Crippen molar-refractivity contribution in [2.24, 2.45) is 0 Å². The van der Waals surface area contributed by atoms with Gasteiger partial charge in [0.15, 0.2) is 0 Å². The molecule has 2 N–H and O–H groups in total. The van der Waals surface area contributed by atoms with Crippen molar-refractivity contribution < 1.29 is 9.72 Å². The van der Waals surface area contributed by atoms with Crippen molar-refractivity contribution in [3.05, 3.63) is 88.9 Å². The van der Waals surface area contributed by atoms with Crippen molar-refractivity contribution in [3.8, 4) is 6.07 Å². The van der Waals surface area contributed by atoms with E-state index in [1.807, 2.05) is 0 Å². The van der Waals surface area contributed by atoms with Gasteiger partial charge in [-0.25, -0.2) is 4.79 Å². The van der Waals surface area contributed by atoms with E-state index < -0.39 is 22.1 Å². The van der Waals surface area contributed by atoms with Crippen LogP contribution in [0, 0.1) is 21.4 Å². The maximum Gasteiger partial charge on any atom is 0.328 e. The van der Waals surface area contributed by atoms with Crippen molar-refractivity contribution >= 4 is 28.6 Å². The summed E-state index contributed by atoms with van der Waals surface area (Å²) in [4.78, 5) is 50.3. The van der Waals surface area contributed by atoms with Crippen LogP contribution in [-0.2, 0) is 6.54 Å². The van der Waals surface area contributed by atoms with Crippen LogP contribution in [-0.4, -0.2) is 20.4 Å². The van der Waals surface area contributed by atoms with E-state index in [1.165, 1.54) is 17.4 Å². The molecule has 10 nitrogen and oxygen atoms in total. The first-order valence-electron chi connectivity index (χ1n) is 7.75. The summed E-state index contributed by atoms with van der Waals surface area (Å²) in [7, 11) is 0. The van der Waals surface area contributed by atoms with Crippen LogP contribution in [0.4, 0.5) is 11.4 Å². The SMILES string of the molecule is N#Cc1cc([N+](=O)[O-])ccc1NC(=O)c1c[nH]c(=O)n(Cc2cccs2)c1=O. The van der Waals surface area contributed by atoms with Gasteiger partial charge in [-0.2, -0.15) is 5.26 Å². The maximum atomic E-state index is 12.6. The van der Waals surface area contributed by atoms with Gasteiger partial charge in [0.25, 0.3) is 17.2 Å². The highest BCUT2D eigenvalue weighted by Gasteiger charge is 2.18. The van der Waals surface area contributed by atoms with Crippen LogP contribution < -0.4 is 16.6 Å². The molecule has 0 fully saturated rings. The number of anilines is 1. The summed E-state index contributed by atoms with van der Waals surface area (Å²) < 4.78 is 0.891. The van der Waals surface area contributed by atoms with Crippen molar-refractivity contribution in [2.45, 2.75) is 6.54 Å². The molecule has 11 heteroatoms. The number of H-pyrrole nitrogens is 1. The van der Waals surface area contributed by atoms with Gasteiger partial charge < -0.3 is 10.3 Å². The van der Waals surface area contributed by atoms with E-state index >= 15 is 0 Å². The number of nitrogens with zero attached hydrogens (tertiary/aromatic N) is 3. The van der Waals surface area contributed by atoms with E-state index in [4.69, 9.17) is 5.26 Å². The van der Waals surface area contributed by atoms with Crippen molar-refractivity contribution in [2.75, 3.05) is 5.32 Å². The Morgan fingerprint density at radius 1 is 1.36 bits per heavy atom. The number of nitriles is 1. The van der Waals surface area contributed by atoms with Crippen LogP contribution in [0.1, 0.15) is 20.8 Å². The Bertz CT molecular complexity index is 1220. The topological polar surface area (TPSA) is 151 Å². The molecule has 0 spiro atoms. The minimum absolute atomic E-state index is 0.00787. The molecular weight excluding hydrogens is 386 g/mol. The van der Waals surface area contributed by atoms with E-state index in [9.17, 15) is 24.5 Å². The molecule has 0 aliphatic rings. The number of aromatic nitrogens is 2. The summed E-state index contributed by atoms with van der Waals surface area (Å²) in [5.41, 5.74) is -2.23. The Morgan fingerprint density at radius 2 is 2.14 bits per heavy atom. The van der Waals surface area contributed by atoms with Crippen LogP contribution in [0.2, 0.25) is 0 Å². The fraction of sp³-hybridized carbons (Fsp3) is 0.0588. The summed E-state index contributed by atoms with van der Waals surface area (Å²) in [5.74, 6) is -0.855. The second-order valence-corrected chi connectivity index (χ2v) is 6.56. The third-order valence-electron chi connectivity index (χ3n) is 3.78. The monoisotopic (exact) mass is 397 g/mol. The molecule has 0 aliphatic heterocycles. The second kappa shape index (κ2) is 7.68. The van der Waals surface area contributed by atoms with Gasteiger partial charge >= 0.3 is 5.69 Å². The lowest BCUT2D eigenvalue weighted by Gasteiger charge is -2.08. The zero-order valence-corrected chi connectivity index (χ0v) is 14.9. The number of carbonyl (C=O) groups excluding carboxylic acids is 1. The van der Waals surface area contributed by atoms with Gasteiger partial charge in [-0.05, 0) is 17.5 Å². The Labute approximate surface area is 160 Å². The predicted molar refractivity (Wildman–Crippen MR) is 101 cm³/mol. The van der Waals surface area contributed by atoms with E-state index in [-0.39, 0.29) is 29.0 Å². The molecule has 0 aliphatic carbocycles. The summed E-state index contributed by atoms with van der Waals surface area (Å²) in [6.45, 7) is 0.00787. The Kier molecular flexibility index (Phi) is 5.14. The third-order valence-corrected chi connectivity index (χ3v) is 4.64. The fourth-order valence-electron chi connectivity index (χ4n) is 2.41. The van der Waals surface area contributed by atoms with Gasteiger partial charge in [-0.1, -0.05) is 6.07 Å². The highest BCUT2D eigenvalue weighted by Crippen LogP contribution is 2.21. The van der Waals surface area contributed by atoms with E-state index in [2.05, 4.69) is 10.3 Å². The molecule has 3 rings (SSSR count). The number of hydrogen-bond acceptors (Lipinski definition) is 7. The number of nitro benzene ring substituents is 1. The number of thiophene rings is 1. The lowest BCUT2D eigenvalue weighted by Crippen LogP contribution is -2.39. The molecule has 0 unspecified atom stereocenters. The average molecular weight is 397 g/mol. The minimum Gasteiger partial charge on any atom is -0.321 e. The number of non-ortho nitro benzene ring substituents is 1. The molecule has 0 saturated carbocycles. The molecule has 0 atom stereocenters. The first-order chi connectivity index (χ1) is 13.4. The number of nitro groups is 1. The summed E-state index contributed by atoms with van der Waals surface area (Å²) in [6.07, 6.45) is 0.988. The first kappa shape index (κ1) is 18.7. The van der Waals surface area contributed by atoms with Gasteiger partial charge in [0, 0.05) is 23.2 Å². The van der Waals surface area contributed by atoms with Crippen LogP contribution in [0.3, 0.4) is 0 Å². The molecule has 0 radical (unpaired) electrons. The highest BCUT2D eigenvalue weighted by atomic mass is 32.1. The number of hydrogen-bond donors (Lipinski definition) is 2. The first-order valence-corrected chi connectivity index (χ1v) is 8.63. The molecule has 1 amide bonds. The maximum absolute atomic E-state index is 12.6. The summed E-state index contributed by atoms with van der Waals surface area (Å²) >= 11 is 1.36. The van der Waals surface area contributed by atoms with Crippen LogP contribution in [0.25, 0.3) is 0 Å². The van der Waals surface area contributed by atoms with Crippen LogP contribution >= 0.6 is 11.3 Å². The molecular formula is C17H11N5O5S. The fourth-order valence-corrected chi connectivity index (χ4v) is 3.11. The normalized spacial score (nSPS) is 10.2. The van der Waals surface area contributed by atoms with E-state index in [0.717, 1.165) is 27.8 Å². The van der Waals surface area contributed by atoms with Crippen LogP contribution in [0.5, 0.6) is 0 Å². The second-order valence-electron chi connectivity index (χ2n) is 5.53. The molecule has 0 bridgehead atoms. The van der Waals surface area contributed by atoms with E-state index in [0.29, 0.717) is 0 Å². The number of amides is 1. The minimum atomic E-state index is -0.855. The van der Waals surface area contributed by atoms with Gasteiger partial charge in [0.1, 0.15) is 11.6 Å². The summed E-state index contributed by atoms with van der Waals surface area (Å²) in [5, 5.41) is 24.1. The van der Waals surface area contributed by atoms with Crippen molar-refractivity contribution in [3.63, 3.8) is 0 Å². The standard InChI is InChI=1S/C17H11N5O5S/c18-7-10-6-11(22(26)27)3-4-14(10)20-15(23)13-8-19-17(25)21(16(13)24)9-12-2-1-5-28-12/h1-6,8H,9H2,(H,19,25)(H,20,23). The predicted octanol–water partition coefficient (Wildman–Crippen LogP) is 1.68. The number of carbonyl (C=O) groups is 1. The molecule has 0 saturated heterocycles. The highest BCUT2D eigenvalue weighted by molar-refractivity contribution is 7.09. The zero-order valence-electron chi connectivity index (χ0n) is 14.0. The molecule has 1 aromatic carbocycles. The molecule has 2 heterocycles. The lowest BCUT2D eigenvalue weighted by atomic mass is 10.1. The number of benzene rings is 1. The molecule has 2 aromatic heterocycles. The quantitative estimate of drug-likeness (QED) is 0.494. The van der Waals surface area contributed by atoms with Gasteiger partial charge in [0.2, 0.25) is 0 Å². The van der Waals surface area contributed by atoms with Crippen LogP contribution in [0.15, 0.2) is 51.5 Å². The van der Waals surface area contributed by atoms with Crippen molar-refractivity contribution in [1.29, 1.82) is 5.26 Å².